The predicted octanol–water partition coefficient (Wildman–Crippen LogP) is 3.77. The Morgan fingerprint density at radius 2 is 1.75 bits per heavy atom. The van der Waals surface area contributed by atoms with E-state index in [1.165, 1.54) is 18.3 Å². The second-order valence-electron chi connectivity index (χ2n) is 4.41. The molecule has 2 nitrogen and oxygen atoms in total. The summed E-state index contributed by atoms with van der Waals surface area (Å²) in [5.41, 5.74) is 0.391. The number of hydrogen-bond acceptors (Lipinski definition) is 2. The third-order valence-corrected chi connectivity index (χ3v) is 1.72. The van der Waals surface area contributed by atoms with Crippen LogP contribution in [-0.4, -0.2) is 11.8 Å². The number of hydrogen-bond donors (Lipinski definition) is 0. The highest BCUT2D eigenvalue weighted by atomic mass is 19.3. The first-order valence-corrected chi connectivity index (χ1v) is 4.98. The Hall–Kier alpha value is -1.45. The fourth-order valence-electron chi connectivity index (χ4n) is 0.973. The van der Waals surface area contributed by atoms with Crippen molar-refractivity contribution >= 4 is 6.21 Å². The molecule has 0 amide bonds. The van der Waals surface area contributed by atoms with Gasteiger partial charge in [-0.05, 0) is 26.3 Å². The van der Waals surface area contributed by atoms with Crippen LogP contribution in [0.15, 0.2) is 29.4 Å². The summed E-state index contributed by atoms with van der Waals surface area (Å²) in [6.45, 7) is 5.64. The van der Waals surface area contributed by atoms with Gasteiger partial charge in [-0.3, -0.25) is 0 Å². The average molecular weight is 227 g/mol. The van der Waals surface area contributed by atoms with Gasteiger partial charge < -0.3 is 4.84 Å². The van der Waals surface area contributed by atoms with E-state index in [2.05, 4.69) is 5.16 Å². The van der Waals surface area contributed by atoms with Crippen molar-refractivity contribution in [3.05, 3.63) is 35.4 Å². The van der Waals surface area contributed by atoms with Gasteiger partial charge in [0.15, 0.2) is 0 Å². The van der Waals surface area contributed by atoms with Gasteiger partial charge in [-0.25, -0.2) is 8.78 Å². The fourth-order valence-corrected chi connectivity index (χ4v) is 0.973. The van der Waals surface area contributed by atoms with Crippen LogP contribution in [0.3, 0.4) is 0 Å². The Morgan fingerprint density at radius 1 is 1.19 bits per heavy atom. The molecule has 4 heteroatoms. The minimum absolute atomic E-state index is 0.00823. The molecule has 0 bridgehead atoms. The third-order valence-electron chi connectivity index (χ3n) is 1.72. The lowest BCUT2D eigenvalue weighted by molar-refractivity contribution is 0.00199. The number of alkyl halides is 2. The first-order chi connectivity index (χ1) is 7.38. The Balaban J connectivity index is 2.62. The lowest BCUT2D eigenvalue weighted by Gasteiger charge is -2.14. The summed E-state index contributed by atoms with van der Waals surface area (Å²) in [5, 5.41) is 3.77. The van der Waals surface area contributed by atoms with Crippen LogP contribution in [0.5, 0.6) is 0 Å². The van der Waals surface area contributed by atoms with Crippen LogP contribution < -0.4 is 0 Å². The van der Waals surface area contributed by atoms with Crippen molar-refractivity contribution in [3.63, 3.8) is 0 Å². The van der Waals surface area contributed by atoms with Crippen LogP contribution in [-0.2, 0) is 4.84 Å². The standard InChI is InChI=1S/C12H15F2NO/c1-12(2,3)16-15-8-9-4-6-10(7-5-9)11(13)14/h4-8,11H,1-3H3. The van der Waals surface area contributed by atoms with E-state index in [0.717, 1.165) is 5.56 Å². The van der Waals surface area contributed by atoms with E-state index in [1.54, 1.807) is 12.1 Å². The molecule has 0 aliphatic rings. The Kier molecular flexibility index (Phi) is 3.99. The van der Waals surface area contributed by atoms with E-state index in [-0.39, 0.29) is 11.2 Å². The summed E-state index contributed by atoms with van der Waals surface area (Å²) in [4.78, 5) is 5.13. The fraction of sp³-hybridized carbons (Fsp3) is 0.417. The van der Waals surface area contributed by atoms with E-state index in [1.807, 2.05) is 20.8 Å². The van der Waals surface area contributed by atoms with Crippen LogP contribution in [0.4, 0.5) is 8.78 Å². The number of oxime groups is 1. The molecule has 0 aromatic heterocycles. The molecule has 0 unspecified atom stereocenters. The van der Waals surface area contributed by atoms with Crippen LogP contribution in [0, 0.1) is 0 Å². The first kappa shape index (κ1) is 12.6. The van der Waals surface area contributed by atoms with E-state index in [0.29, 0.717) is 0 Å². The topological polar surface area (TPSA) is 21.6 Å². The highest BCUT2D eigenvalue weighted by Crippen LogP contribution is 2.18. The van der Waals surface area contributed by atoms with Crippen molar-refractivity contribution in [2.45, 2.75) is 32.8 Å². The molecule has 0 saturated carbocycles. The molecule has 1 aromatic rings. The van der Waals surface area contributed by atoms with Crippen LogP contribution in [0.2, 0.25) is 0 Å². The van der Waals surface area contributed by atoms with E-state index in [9.17, 15) is 8.78 Å². The zero-order valence-corrected chi connectivity index (χ0v) is 9.58. The van der Waals surface area contributed by atoms with Gasteiger partial charge in [-0.2, -0.15) is 0 Å². The quantitative estimate of drug-likeness (QED) is 0.569. The molecule has 0 radical (unpaired) electrons. The normalized spacial score (nSPS) is 12.4. The highest BCUT2D eigenvalue weighted by Gasteiger charge is 2.09. The van der Waals surface area contributed by atoms with Gasteiger partial charge >= 0.3 is 0 Å². The molecule has 0 atom stereocenters. The van der Waals surface area contributed by atoms with Gasteiger partial charge in [0.1, 0.15) is 5.60 Å². The predicted molar refractivity (Wildman–Crippen MR) is 59.8 cm³/mol. The molecule has 88 valence electrons. The Labute approximate surface area is 93.9 Å². The van der Waals surface area contributed by atoms with Gasteiger partial charge in [0.2, 0.25) is 0 Å². The second kappa shape index (κ2) is 5.05. The third kappa shape index (κ3) is 4.38. The number of rotatable bonds is 3. The maximum Gasteiger partial charge on any atom is 0.263 e. The SMILES string of the molecule is CC(C)(C)ON=Cc1ccc(C(F)F)cc1. The highest BCUT2D eigenvalue weighted by molar-refractivity contribution is 5.79. The zero-order chi connectivity index (χ0) is 12.2. The summed E-state index contributed by atoms with van der Waals surface area (Å²) >= 11 is 0. The molecule has 0 aliphatic carbocycles. The molecule has 0 heterocycles. The summed E-state index contributed by atoms with van der Waals surface area (Å²) in [6.07, 6.45) is -0.933. The van der Waals surface area contributed by atoms with Crippen molar-refractivity contribution in [1.29, 1.82) is 0 Å². The van der Waals surface area contributed by atoms with Crippen molar-refractivity contribution in [2.24, 2.45) is 5.16 Å². The maximum atomic E-state index is 12.2. The number of nitrogens with zero attached hydrogens (tertiary/aromatic N) is 1. The van der Waals surface area contributed by atoms with Crippen molar-refractivity contribution in [2.75, 3.05) is 0 Å². The van der Waals surface area contributed by atoms with Gasteiger partial charge in [0, 0.05) is 5.56 Å². The molecular formula is C12H15F2NO. The zero-order valence-electron chi connectivity index (χ0n) is 9.58. The maximum absolute atomic E-state index is 12.2. The molecule has 0 spiro atoms. The minimum atomic E-state index is -2.43. The Bertz CT molecular complexity index is 352. The van der Waals surface area contributed by atoms with Crippen molar-refractivity contribution in [1.82, 2.24) is 0 Å². The van der Waals surface area contributed by atoms with Crippen LogP contribution >= 0.6 is 0 Å². The van der Waals surface area contributed by atoms with E-state index < -0.39 is 6.43 Å². The summed E-state index contributed by atoms with van der Waals surface area (Å²) < 4.78 is 24.5. The largest absolute Gasteiger partial charge is 0.390 e. The summed E-state index contributed by atoms with van der Waals surface area (Å²) in [5.74, 6) is 0. The molecule has 1 rings (SSSR count). The van der Waals surface area contributed by atoms with E-state index >= 15 is 0 Å². The van der Waals surface area contributed by atoms with Gasteiger partial charge in [-0.15, -0.1) is 0 Å². The molecule has 1 aromatic carbocycles. The van der Waals surface area contributed by atoms with Gasteiger partial charge in [0.25, 0.3) is 6.43 Å². The lowest BCUT2D eigenvalue weighted by atomic mass is 10.1. The number of benzene rings is 1. The molecule has 0 saturated heterocycles. The minimum Gasteiger partial charge on any atom is -0.390 e. The Morgan fingerprint density at radius 3 is 2.19 bits per heavy atom. The molecule has 0 fully saturated rings. The molecular weight excluding hydrogens is 212 g/mol. The van der Waals surface area contributed by atoms with Crippen LogP contribution in [0.25, 0.3) is 0 Å². The van der Waals surface area contributed by atoms with Crippen LogP contribution in [0.1, 0.15) is 38.3 Å². The van der Waals surface area contributed by atoms with Crippen molar-refractivity contribution < 1.29 is 13.6 Å². The summed E-state index contributed by atoms with van der Waals surface area (Å²) in [6, 6.07) is 5.92. The monoisotopic (exact) mass is 227 g/mol. The number of halogens is 2. The lowest BCUT2D eigenvalue weighted by Crippen LogP contribution is -2.15. The smallest absolute Gasteiger partial charge is 0.263 e. The average Bonchev–Trinajstić information content (AvgIpc) is 2.16. The van der Waals surface area contributed by atoms with Gasteiger partial charge in [-0.1, -0.05) is 29.4 Å². The van der Waals surface area contributed by atoms with Crippen molar-refractivity contribution in [3.8, 4) is 0 Å². The molecule has 0 N–H and O–H groups in total. The summed E-state index contributed by atoms with van der Waals surface area (Å²) in [7, 11) is 0. The van der Waals surface area contributed by atoms with E-state index in [4.69, 9.17) is 4.84 Å². The first-order valence-electron chi connectivity index (χ1n) is 4.98. The molecule has 16 heavy (non-hydrogen) atoms. The second-order valence-corrected chi connectivity index (χ2v) is 4.41. The van der Waals surface area contributed by atoms with Gasteiger partial charge in [0.05, 0.1) is 6.21 Å². The molecule has 0 aliphatic heterocycles.